The van der Waals surface area contributed by atoms with E-state index in [4.69, 9.17) is 8.94 Å². The summed E-state index contributed by atoms with van der Waals surface area (Å²) in [4.78, 5) is 11.5. The number of para-hydroxylation sites is 2. The highest BCUT2D eigenvalue weighted by Gasteiger charge is 2.29. The van der Waals surface area contributed by atoms with Gasteiger partial charge in [-0.05, 0) is 44.5 Å². The Morgan fingerprint density at radius 2 is 2.12 bits per heavy atom. The number of nitrogens with zero attached hydrogens (tertiary/aromatic N) is 4. The number of oxazole rings is 1. The molecule has 0 N–H and O–H groups in total. The first kappa shape index (κ1) is 15.3. The smallest absolute Gasteiger partial charge is 0.226 e. The fourth-order valence-electron chi connectivity index (χ4n) is 3.39. The minimum atomic E-state index is 0.290. The minimum Gasteiger partial charge on any atom is -0.441 e. The maximum Gasteiger partial charge on any atom is 0.226 e. The summed E-state index contributed by atoms with van der Waals surface area (Å²) in [5.74, 6) is 2.38. The van der Waals surface area contributed by atoms with Crippen molar-refractivity contribution in [2.75, 3.05) is 13.1 Å². The molecular formula is C18H22N4O2. The Hall–Kier alpha value is -2.21. The molecular weight excluding hydrogens is 304 g/mol. The van der Waals surface area contributed by atoms with Gasteiger partial charge in [-0.15, -0.1) is 0 Å². The normalized spacial score (nSPS) is 18.6. The van der Waals surface area contributed by atoms with Crippen molar-refractivity contribution in [3.63, 3.8) is 0 Å². The zero-order valence-corrected chi connectivity index (χ0v) is 13.9. The Bertz CT molecular complexity index is 777. The van der Waals surface area contributed by atoms with Crippen LogP contribution in [-0.2, 0) is 12.8 Å². The first-order chi connectivity index (χ1) is 11.8. The van der Waals surface area contributed by atoms with Gasteiger partial charge >= 0.3 is 0 Å². The van der Waals surface area contributed by atoms with Crippen molar-refractivity contribution >= 4 is 11.1 Å². The second kappa shape index (κ2) is 6.73. The lowest BCUT2D eigenvalue weighted by molar-refractivity contribution is 0.237. The van der Waals surface area contributed by atoms with Crippen LogP contribution < -0.4 is 0 Å². The van der Waals surface area contributed by atoms with Crippen molar-refractivity contribution < 1.29 is 8.94 Å². The number of hydrogen-bond acceptors (Lipinski definition) is 6. The van der Waals surface area contributed by atoms with E-state index in [0.29, 0.717) is 0 Å². The molecule has 1 aliphatic heterocycles. The van der Waals surface area contributed by atoms with Gasteiger partial charge in [-0.3, -0.25) is 4.90 Å². The van der Waals surface area contributed by atoms with E-state index in [0.717, 1.165) is 67.5 Å². The predicted octanol–water partition coefficient (Wildman–Crippen LogP) is 3.54. The molecule has 0 spiro atoms. The van der Waals surface area contributed by atoms with Gasteiger partial charge in [0, 0.05) is 12.8 Å². The summed E-state index contributed by atoms with van der Waals surface area (Å²) in [5, 5.41) is 4.16. The summed E-state index contributed by atoms with van der Waals surface area (Å²) >= 11 is 0. The highest BCUT2D eigenvalue weighted by molar-refractivity contribution is 5.72. The fraction of sp³-hybridized carbons (Fsp3) is 0.500. The van der Waals surface area contributed by atoms with Gasteiger partial charge < -0.3 is 8.94 Å². The van der Waals surface area contributed by atoms with Gasteiger partial charge in [-0.1, -0.05) is 24.2 Å². The summed E-state index contributed by atoms with van der Waals surface area (Å²) in [7, 11) is 0. The van der Waals surface area contributed by atoms with Crippen molar-refractivity contribution in [2.45, 2.75) is 45.1 Å². The highest BCUT2D eigenvalue weighted by atomic mass is 16.5. The van der Waals surface area contributed by atoms with Crippen LogP contribution in [0.1, 0.15) is 49.8 Å². The quantitative estimate of drug-likeness (QED) is 0.690. The van der Waals surface area contributed by atoms with Gasteiger partial charge in [-0.25, -0.2) is 4.98 Å². The molecule has 1 fully saturated rings. The molecule has 2 aromatic heterocycles. The largest absolute Gasteiger partial charge is 0.441 e. The average Bonchev–Trinajstić information content (AvgIpc) is 3.33. The number of benzene rings is 1. The van der Waals surface area contributed by atoms with Crippen LogP contribution in [0.4, 0.5) is 0 Å². The predicted molar refractivity (Wildman–Crippen MR) is 89.6 cm³/mol. The molecule has 1 atom stereocenters. The van der Waals surface area contributed by atoms with Gasteiger partial charge in [0.05, 0.1) is 6.04 Å². The van der Waals surface area contributed by atoms with Crippen molar-refractivity contribution in [3.8, 4) is 0 Å². The van der Waals surface area contributed by atoms with E-state index in [-0.39, 0.29) is 6.04 Å². The average molecular weight is 326 g/mol. The van der Waals surface area contributed by atoms with Gasteiger partial charge in [0.2, 0.25) is 5.89 Å². The van der Waals surface area contributed by atoms with E-state index >= 15 is 0 Å². The van der Waals surface area contributed by atoms with Crippen molar-refractivity contribution in [3.05, 3.63) is 41.9 Å². The Morgan fingerprint density at radius 1 is 1.21 bits per heavy atom. The fourth-order valence-corrected chi connectivity index (χ4v) is 3.39. The lowest BCUT2D eigenvalue weighted by atomic mass is 10.2. The molecule has 6 nitrogen and oxygen atoms in total. The zero-order chi connectivity index (χ0) is 16.4. The molecule has 1 aliphatic rings. The molecule has 0 bridgehead atoms. The Morgan fingerprint density at radius 3 is 2.96 bits per heavy atom. The molecule has 4 rings (SSSR count). The molecule has 3 heterocycles. The van der Waals surface area contributed by atoms with Crippen LogP contribution >= 0.6 is 0 Å². The van der Waals surface area contributed by atoms with Crippen molar-refractivity contribution in [2.24, 2.45) is 0 Å². The maximum absolute atomic E-state index is 5.79. The number of aromatic nitrogens is 3. The van der Waals surface area contributed by atoms with Gasteiger partial charge in [0.25, 0.3) is 0 Å². The third-order valence-electron chi connectivity index (χ3n) is 4.62. The molecule has 126 valence electrons. The Kier molecular flexibility index (Phi) is 4.30. The number of rotatable bonds is 6. The van der Waals surface area contributed by atoms with Crippen LogP contribution in [0.25, 0.3) is 11.1 Å². The monoisotopic (exact) mass is 326 g/mol. The number of likely N-dealkylation sites (tertiary alicyclic amines) is 1. The van der Waals surface area contributed by atoms with E-state index in [1.807, 2.05) is 31.2 Å². The lowest BCUT2D eigenvalue weighted by Gasteiger charge is -2.21. The van der Waals surface area contributed by atoms with Crippen LogP contribution in [0.15, 0.2) is 33.2 Å². The van der Waals surface area contributed by atoms with Gasteiger partial charge in [0.1, 0.15) is 5.52 Å². The SMILES string of the molecule is CCc1nc([C@@H]2CCCN2CCCc2nc3ccccc3o2)no1. The van der Waals surface area contributed by atoms with Crippen LogP contribution in [0.2, 0.25) is 0 Å². The first-order valence-electron chi connectivity index (χ1n) is 8.74. The summed E-state index contributed by atoms with van der Waals surface area (Å²) in [6.45, 7) is 4.12. The third kappa shape index (κ3) is 3.06. The molecule has 0 amide bonds. The molecule has 0 unspecified atom stereocenters. The second-order valence-electron chi connectivity index (χ2n) is 6.27. The molecule has 1 aromatic carbocycles. The molecule has 24 heavy (non-hydrogen) atoms. The van der Waals surface area contributed by atoms with E-state index in [1.54, 1.807) is 0 Å². The topological polar surface area (TPSA) is 68.2 Å². The van der Waals surface area contributed by atoms with Gasteiger partial charge in [-0.2, -0.15) is 4.98 Å². The zero-order valence-electron chi connectivity index (χ0n) is 13.9. The first-order valence-corrected chi connectivity index (χ1v) is 8.74. The van der Waals surface area contributed by atoms with Crippen LogP contribution in [0.5, 0.6) is 0 Å². The molecule has 3 aromatic rings. The maximum atomic E-state index is 5.79. The van der Waals surface area contributed by atoms with E-state index in [2.05, 4.69) is 20.0 Å². The highest BCUT2D eigenvalue weighted by Crippen LogP contribution is 2.30. The summed E-state index contributed by atoms with van der Waals surface area (Å²) in [6, 6.07) is 8.20. The van der Waals surface area contributed by atoms with Crippen LogP contribution in [0.3, 0.4) is 0 Å². The van der Waals surface area contributed by atoms with Crippen LogP contribution in [-0.4, -0.2) is 33.1 Å². The van der Waals surface area contributed by atoms with Crippen molar-refractivity contribution in [1.29, 1.82) is 0 Å². The Labute approximate surface area is 140 Å². The molecule has 1 saturated heterocycles. The van der Waals surface area contributed by atoms with E-state index in [1.165, 1.54) is 6.42 Å². The summed E-state index contributed by atoms with van der Waals surface area (Å²) in [6.07, 6.45) is 4.94. The van der Waals surface area contributed by atoms with Gasteiger partial charge in [0.15, 0.2) is 17.3 Å². The number of hydrogen-bond donors (Lipinski definition) is 0. The lowest BCUT2D eigenvalue weighted by Crippen LogP contribution is -2.25. The van der Waals surface area contributed by atoms with Crippen LogP contribution in [0, 0.1) is 0 Å². The van der Waals surface area contributed by atoms with E-state index in [9.17, 15) is 0 Å². The molecule has 0 radical (unpaired) electrons. The summed E-state index contributed by atoms with van der Waals surface area (Å²) < 4.78 is 11.1. The third-order valence-corrected chi connectivity index (χ3v) is 4.62. The standard InChI is InChI=1S/C18H22N4O2/c1-2-16-20-18(21-24-16)14-8-5-11-22(14)12-6-10-17-19-13-7-3-4-9-15(13)23-17/h3-4,7,9,14H,2,5-6,8,10-12H2,1H3/t14-/m0/s1. The molecule has 0 saturated carbocycles. The molecule has 6 heteroatoms. The van der Waals surface area contributed by atoms with Crippen molar-refractivity contribution in [1.82, 2.24) is 20.0 Å². The van der Waals surface area contributed by atoms with E-state index < -0.39 is 0 Å². The Balaban J connectivity index is 1.36. The number of aryl methyl sites for hydroxylation is 2. The molecule has 0 aliphatic carbocycles. The second-order valence-corrected chi connectivity index (χ2v) is 6.27. The summed E-state index contributed by atoms with van der Waals surface area (Å²) in [5.41, 5.74) is 1.80. The minimum absolute atomic E-state index is 0.290. The number of fused-ring (bicyclic) bond motifs is 1.